The Kier molecular flexibility index (Phi) is 8.12. The van der Waals surface area contributed by atoms with Crippen molar-refractivity contribution < 1.29 is 4.79 Å². The van der Waals surface area contributed by atoms with Crippen LogP contribution in [0.25, 0.3) is 0 Å². The maximum atomic E-state index is 12.1. The van der Waals surface area contributed by atoms with Crippen LogP contribution in [0, 0.1) is 5.92 Å². The highest BCUT2D eigenvalue weighted by Gasteiger charge is 2.33. The summed E-state index contributed by atoms with van der Waals surface area (Å²) in [4.78, 5) is 14.2. The fraction of sp³-hybridized carbons (Fsp3) is 0.909. The normalized spacial score (nSPS) is 24.3. The number of piperidine rings is 1. The minimum absolute atomic E-state index is 0. The van der Waals surface area contributed by atoms with Crippen LogP contribution in [-0.4, -0.2) is 43.0 Å². The molecule has 2 rings (SSSR count). The number of likely N-dealkylation sites (tertiary alicyclic amines) is 1. The molecule has 0 aromatic carbocycles. The van der Waals surface area contributed by atoms with Gasteiger partial charge in [-0.2, -0.15) is 0 Å². The maximum absolute atomic E-state index is 12.1. The second-order valence-electron chi connectivity index (χ2n) is 4.61. The summed E-state index contributed by atoms with van der Waals surface area (Å²) in [6, 6.07) is 0.414. The molecule has 4 nitrogen and oxygen atoms in total. The SMILES string of the molecule is Cl.Cl.NCCC1CCCCN1C(=O)C1CNC1. The molecule has 0 saturated carbocycles. The summed E-state index contributed by atoms with van der Waals surface area (Å²) in [6.45, 7) is 3.37. The molecule has 2 fully saturated rings. The first-order valence-electron chi connectivity index (χ1n) is 6.04. The van der Waals surface area contributed by atoms with E-state index in [-0.39, 0.29) is 30.7 Å². The lowest BCUT2D eigenvalue weighted by molar-refractivity contribution is -0.141. The summed E-state index contributed by atoms with van der Waals surface area (Å²) in [5.41, 5.74) is 5.59. The van der Waals surface area contributed by atoms with E-state index < -0.39 is 0 Å². The first-order chi connectivity index (χ1) is 7.33. The van der Waals surface area contributed by atoms with Gasteiger partial charge in [0.05, 0.1) is 5.92 Å². The van der Waals surface area contributed by atoms with E-state index in [1.165, 1.54) is 6.42 Å². The predicted octanol–water partition coefficient (Wildman–Crippen LogP) is 0.779. The smallest absolute Gasteiger partial charge is 0.228 e. The highest BCUT2D eigenvalue weighted by atomic mass is 35.5. The van der Waals surface area contributed by atoms with Crippen LogP contribution in [-0.2, 0) is 4.79 Å². The number of amides is 1. The first kappa shape index (κ1) is 17.0. The number of hydrogen-bond donors (Lipinski definition) is 2. The molecule has 0 aromatic heterocycles. The first-order valence-corrected chi connectivity index (χ1v) is 6.04. The van der Waals surface area contributed by atoms with Crippen LogP contribution < -0.4 is 11.1 Å². The van der Waals surface area contributed by atoms with Gasteiger partial charge in [-0.15, -0.1) is 24.8 Å². The second-order valence-corrected chi connectivity index (χ2v) is 4.61. The molecule has 102 valence electrons. The van der Waals surface area contributed by atoms with Crippen LogP contribution >= 0.6 is 24.8 Å². The summed E-state index contributed by atoms with van der Waals surface area (Å²) >= 11 is 0. The largest absolute Gasteiger partial charge is 0.339 e. The molecular weight excluding hydrogens is 261 g/mol. The number of hydrogen-bond acceptors (Lipinski definition) is 3. The van der Waals surface area contributed by atoms with Crippen molar-refractivity contribution >= 4 is 30.7 Å². The second kappa shape index (κ2) is 8.14. The van der Waals surface area contributed by atoms with Gasteiger partial charge in [-0.25, -0.2) is 0 Å². The van der Waals surface area contributed by atoms with Gasteiger partial charge >= 0.3 is 0 Å². The molecule has 0 aromatic rings. The van der Waals surface area contributed by atoms with E-state index in [4.69, 9.17) is 5.73 Å². The fourth-order valence-electron chi connectivity index (χ4n) is 2.48. The number of halogens is 2. The van der Waals surface area contributed by atoms with Crippen LogP contribution in [0.2, 0.25) is 0 Å². The average molecular weight is 284 g/mol. The van der Waals surface area contributed by atoms with Crippen LogP contribution in [0.15, 0.2) is 0 Å². The van der Waals surface area contributed by atoms with E-state index in [0.29, 0.717) is 18.5 Å². The van der Waals surface area contributed by atoms with Crippen LogP contribution in [0.3, 0.4) is 0 Å². The molecule has 1 atom stereocenters. The molecule has 0 radical (unpaired) electrons. The van der Waals surface area contributed by atoms with E-state index in [2.05, 4.69) is 10.2 Å². The lowest BCUT2D eigenvalue weighted by Crippen LogP contribution is -2.55. The Morgan fingerprint density at radius 2 is 2.00 bits per heavy atom. The third-order valence-electron chi connectivity index (χ3n) is 3.54. The number of nitrogens with zero attached hydrogens (tertiary/aromatic N) is 1. The summed E-state index contributed by atoms with van der Waals surface area (Å²) in [6.07, 6.45) is 4.51. The van der Waals surface area contributed by atoms with Crippen molar-refractivity contribution in [2.75, 3.05) is 26.2 Å². The molecule has 0 bridgehead atoms. The third-order valence-corrected chi connectivity index (χ3v) is 3.54. The van der Waals surface area contributed by atoms with Crippen molar-refractivity contribution in [2.45, 2.75) is 31.7 Å². The minimum atomic E-state index is 0. The Balaban J connectivity index is 0.00000128. The summed E-state index contributed by atoms with van der Waals surface area (Å²) in [5.74, 6) is 0.593. The van der Waals surface area contributed by atoms with Gasteiger partial charge in [0.25, 0.3) is 0 Å². The molecule has 2 saturated heterocycles. The van der Waals surface area contributed by atoms with Crippen molar-refractivity contribution in [3.8, 4) is 0 Å². The number of rotatable bonds is 3. The average Bonchev–Trinajstić information content (AvgIpc) is 2.16. The maximum Gasteiger partial charge on any atom is 0.228 e. The van der Waals surface area contributed by atoms with Gasteiger partial charge in [0.2, 0.25) is 5.91 Å². The zero-order valence-electron chi connectivity index (χ0n) is 10.1. The van der Waals surface area contributed by atoms with Gasteiger partial charge in [0.15, 0.2) is 0 Å². The summed E-state index contributed by atoms with van der Waals surface area (Å²) < 4.78 is 0. The standard InChI is InChI=1S/C11H21N3O.2ClH/c12-5-4-10-3-1-2-6-14(10)11(15)9-7-13-8-9;;/h9-10,13H,1-8,12H2;2*1H. The zero-order valence-corrected chi connectivity index (χ0v) is 11.7. The molecule has 2 aliphatic heterocycles. The van der Waals surface area contributed by atoms with Gasteiger partial charge in [-0.3, -0.25) is 4.79 Å². The minimum Gasteiger partial charge on any atom is -0.339 e. The van der Waals surface area contributed by atoms with E-state index in [1.54, 1.807) is 0 Å². The highest BCUT2D eigenvalue weighted by Crippen LogP contribution is 2.22. The lowest BCUT2D eigenvalue weighted by Gasteiger charge is -2.40. The highest BCUT2D eigenvalue weighted by molar-refractivity contribution is 5.85. The predicted molar refractivity (Wildman–Crippen MR) is 73.9 cm³/mol. The van der Waals surface area contributed by atoms with E-state index >= 15 is 0 Å². The molecule has 3 N–H and O–H groups in total. The third kappa shape index (κ3) is 3.98. The molecule has 1 amide bonds. The van der Waals surface area contributed by atoms with Crippen LogP contribution in [0.1, 0.15) is 25.7 Å². The molecule has 0 spiro atoms. The fourth-order valence-corrected chi connectivity index (χ4v) is 2.48. The lowest BCUT2D eigenvalue weighted by atomic mass is 9.94. The van der Waals surface area contributed by atoms with Crippen molar-refractivity contribution in [2.24, 2.45) is 11.7 Å². The molecule has 2 heterocycles. The van der Waals surface area contributed by atoms with Gasteiger partial charge in [0.1, 0.15) is 0 Å². The zero-order chi connectivity index (χ0) is 10.7. The van der Waals surface area contributed by atoms with Gasteiger partial charge < -0.3 is 16.0 Å². The Bertz CT molecular complexity index is 235. The number of carbonyl (C=O) groups is 1. The van der Waals surface area contributed by atoms with Gasteiger partial charge in [-0.05, 0) is 32.2 Å². The Morgan fingerprint density at radius 3 is 2.53 bits per heavy atom. The molecule has 2 aliphatic rings. The topological polar surface area (TPSA) is 58.4 Å². The van der Waals surface area contributed by atoms with Crippen molar-refractivity contribution in [3.63, 3.8) is 0 Å². The van der Waals surface area contributed by atoms with Gasteiger partial charge in [0, 0.05) is 25.7 Å². The van der Waals surface area contributed by atoms with E-state index in [9.17, 15) is 4.79 Å². The number of nitrogens with one attached hydrogen (secondary N) is 1. The number of carbonyl (C=O) groups excluding carboxylic acids is 1. The Morgan fingerprint density at radius 1 is 1.29 bits per heavy atom. The van der Waals surface area contributed by atoms with Crippen LogP contribution in [0.4, 0.5) is 0 Å². The van der Waals surface area contributed by atoms with E-state index in [0.717, 1.165) is 38.9 Å². The van der Waals surface area contributed by atoms with E-state index in [1.807, 2.05) is 0 Å². The molecule has 17 heavy (non-hydrogen) atoms. The molecular formula is C11H23Cl2N3O. The van der Waals surface area contributed by atoms with Crippen molar-refractivity contribution in [3.05, 3.63) is 0 Å². The summed E-state index contributed by atoms with van der Waals surface area (Å²) in [5, 5.41) is 3.16. The summed E-state index contributed by atoms with van der Waals surface area (Å²) in [7, 11) is 0. The molecule has 0 aliphatic carbocycles. The molecule has 1 unspecified atom stereocenters. The van der Waals surface area contributed by atoms with Crippen LogP contribution in [0.5, 0.6) is 0 Å². The quantitative estimate of drug-likeness (QED) is 0.805. The Labute approximate surface area is 115 Å². The van der Waals surface area contributed by atoms with Gasteiger partial charge in [-0.1, -0.05) is 0 Å². The number of nitrogens with two attached hydrogens (primary N) is 1. The Hall–Kier alpha value is -0.0300. The monoisotopic (exact) mass is 283 g/mol. The molecule has 6 heteroatoms. The van der Waals surface area contributed by atoms with Crippen molar-refractivity contribution in [1.29, 1.82) is 0 Å². The van der Waals surface area contributed by atoms with Crippen molar-refractivity contribution in [1.82, 2.24) is 10.2 Å².